The van der Waals surface area contributed by atoms with Crippen molar-refractivity contribution < 1.29 is 9.72 Å². The van der Waals surface area contributed by atoms with Gasteiger partial charge in [0.2, 0.25) is 6.54 Å². The summed E-state index contributed by atoms with van der Waals surface area (Å²) in [5.74, 6) is 0.189. The van der Waals surface area contributed by atoms with Gasteiger partial charge in [0.15, 0.2) is 0 Å². The van der Waals surface area contributed by atoms with Crippen LogP contribution in [-0.4, -0.2) is 17.3 Å². The second kappa shape index (κ2) is 6.57. The molecule has 0 heterocycles. The Morgan fingerprint density at radius 1 is 1.54 bits per heavy atom. The molecule has 1 unspecified atom stereocenters. The fourth-order valence-electron chi connectivity index (χ4n) is 1.48. The molecule has 0 aromatic rings. The average molecular weight is 187 g/mol. The van der Waals surface area contributed by atoms with Crippen LogP contribution in [0.4, 0.5) is 0 Å². The Kier molecular flexibility index (Phi) is 6.10. The lowest BCUT2D eigenvalue weighted by Crippen LogP contribution is -2.21. The number of carbonyl (C=O) groups excluding carboxylic acids is 1. The van der Waals surface area contributed by atoms with Crippen LogP contribution >= 0.6 is 0 Å². The Balaban J connectivity index is 0.000000671. The van der Waals surface area contributed by atoms with Crippen LogP contribution in [0.3, 0.4) is 0 Å². The maximum absolute atomic E-state index is 10.8. The van der Waals surface area contributed by atoms with Crippen LogP contribution in [0.25, 0.3) is 0 Å². The summed E-state index contributed by atoms with van der Waals surface area (Å²) in [5.41, 5.74) is 0. The van der Waals surface area contributed by atoms with Gasteiger partial charge in [-0.2, -0.15) is 0 Å². The van der Waals surface area contributed by atoms with E-state index in [9.17, 15) is 14.9 Å². The van der Waals surface area contributed by atoms with E-state index in [1.807, 2.05) is 13.8 Å². The Morgan fingerprint density at radius 2 is 2.15 bits per heavy atom. The average Bonchev–Trinajstić information content (AvgIpc) is 2.06. The zero-order valence-corrected chi connectivity index (χ0v) is 8.28. The van der Waals surface area contributed by atoms with Crippen molar-refractivity contribution in [2.45, 2.75) is 39.5 Å². The summed E-state index contributed by atoms with van der Waals surface area (Å²) < 4.78 is 0. The molecule has 1 rings (SSSR count). The predicted molar refractivity (Wildman–Crippen MR) is 50.2 cm³/mol. The van der Waals surface area contributed by atoms with Gasteiger partial charge in [0.05, 0.1) is 0 Å². The van der Waals surface area contributed by atoms with E-state index >= 15 is 0 Å². The van der Waals surface area contributed by atoms with Crippen LogP contribution in [0.1, 0.15) is 39.5 Å². The van der Waals surface area contributed by atoms with Gasteiger partial charge in [0, 0.05) is 23.7 Å². The molecule has 0 aromatic heterocycles. The summed E-state index contributed by atoms with van der Waals surface area (Å²) >= 11 is 0. The number of Topliss-reactive ketones (excluding diaryl/α,β-unsaturated/α-hetero) is 1. The number of hydrogen-bond acceptors (Lipinski definition) is 3. The van der Waals surface area contributed by atoms with Crippen LogP contribution in [0.5, 0.6) is 0 Å². The summed E-state index contributed by atoms with van der Waals surface area (Å²) in [7, 11) is 0. The molecule has 4 heteroatoms. The molecule has 0 N–H and O–H groups in total. The van der Waals surface area contributed by atoms with E-state index in [0.717, 1.165) is 12.8 Å². The zero-order valence-electron chi connectivity index (χ0n) is 8.28. The van der Waals surface area contributed by atoms with E-state index in [4.69, 9.17) is 0 Å². The number of carbonyl (C=O) groups is 1. The van der Waals surface area contributed by atoms with Gasteiger partial charge >= 0.3 is 0 Å². The van der Waals surface area contributed by atoms with Gasteiger partial charge in [-0.15, -0.1) is 0 Å². The molecule has 1 aliphatic carbocycles. The molecule has 0 spiro atoms. The SMILES string of the molecule is CC.O=C1CCCC(C[N+](=O)[O-])C1. The van der Waals surface area contributed by atoms with E-state index in [2.05, 4.69) is 0 Å². The molecule has 1 saturated carbocycles. The third-order valence-electron chi connectivity index (χ3n) is 1.99. The van der Waals surface area contributed by atoms with Crippen LogP contribution in [0.15, 0.2) is 0 Å². The Hall–Kier alpha value is -0.930. The lowest BCUT2D eigenvalue weighted by molar-refractivity contribution is -0.488. The summed E-state index contributed by atoms with van der Waals surface area (Å²) in [6.07, 6.45) is 2.71. The van der Waals surface area contributed by atoms with Gasteiger partial charge in [0.25, 0.3) is 0 Å². The Morgan fingerprint density at radius 3 is 2.62 bits per heavy atom. The number of nitrogens with zero attached hydrogens (tertiary/aromatic N) is 1. The number of rotatable bonds is 2. The van der Waals surface area contributed by atoms with Crippen LogP contribution < -0.4 is 0 Å². The minimum Gasteiger partial charge on any atom is -0.300 e. The molecule has 76 valence electrons. The highest BCUT2D eigenvalue weighted by Gasteiger charge is 2.23. The van der Waals surface area contributed by atoms with Gasteiger partial charge < -0.3 is 0 Å². The fourth-order valence-corrected chi connectivity index (χ4v) is 1.48. The van der Waals surface area contributed by atoms with Crippen LogP contribution in [0.2, 0.25) is 0 Å². The second-order valence-electron chi connectivity index (χ2n) is 3.02. The predicted octanol–water partition coefficient (Wildman–Crippen LogP) is 2.05. The first-order chi connectivity index (χ1) is 6.18. The fraction of sp³-hybridized carbons (Fsp3) is 0.889. The minimum absolute atomic E-state index is 0.00579. The maximum Gasteiger partial charge on any atom is 0.207 e. The topological polar surface area (TPSA) is 60.2 Å². The highest BCUT2D eigenvalue weighted by atomic mass is 16.6. The monoisotopic (exact) mass is 187 g/mol. The van der Waals surface area contributed by atoms with Gasteiger partial charge in [0.1, 0.15) is 5.78 Å². The standard InChI is InChI=1S/C7H11NO3.C2H6/c9-7-3-1-2-6(4-7)5-8(10)11;1-2/h6H,1-5H2;1-2H3. The normalized spacial score (nSPS) is 21.7. The summed E-state index contributed by atoms with van der Waals surface area (Å²) in [6.45, 7) is 3.96. The van der Waals surface area contributed by atoms with E-state index in [1.54, 1.807) is 0 Å². The molecular weight excluding hydrogens is 170 g/mol. The second-order valence-corrected chi connectivity index (χ2v) is 3.02. The lowest BCUT2D eigenvalue weighted by Gasteiger charge is -2.16. The van der Waals surface area contributed by atoms with Gasteiger partial charge in [-0.1, -0.05) is 13.8 Å². The number of ketones is 1. The first-order valence-electron chi connectivity index (χ1n) is 4.82. The lowest BCUT2D eigenvalue weighted by atomic mass is 9.88. The molecule has 0 aromatic carbocycles. The molecule has 1 fully saturated rings. The molecule has 1 atom stereocenters. The first kappa shape index (κ1) is 12.1. The highest BCUT2D eigenvalue weighted by Crippen LogP contribution is 2.20. The van der Waals surface area contributed by atoms with Crippen LogP contribution in [0, 0.1) is 16.0 Å². The molecule has 0 aliphatic heterocycles. The zero-order chi connectivity index (χ0) is 10.3. The van der Waals surface area contributed by atoms with Gasteiger partial charge in [-0.3, -0.25) is 14.9 Å². The van der Waals surface area contributed by atoms with Crippen molar-refractivity contribution in [3.05, 3.63) is 10.1 Å². The molecule has 1 aliphatic rings. The molecule has 0 amide bonds. The van der Waals surface area contributed by atoms with E-state index in [1.165, 1.54) is 0 Å². The highest BCUT2D eigenvalue weighted by molar-refractivity contribution is 5.79. The van der Waals surface area contributed by atoms with Crippen LogP contribution in [-0.2, 0) is 4.79 Å². The van der Waals surface area contributed by atoms with Crippen molar-refractivity contribution in [2.24, 2.45) is 5.92 Å². The molecule has 0 radical (unpaired) electrons. The van der Waals surface area contributed by atoms with Crippen molar-refractivity contribution in [3.63, 3.8) is 0 Å². The molecule has 13 heavy (non-hydrogen) atoms. The van der Waals surface area contributed by atoms with Crippen molar-refractivity contribution in [2.75, 3.05) is 6.54 Å². The van der Waals surface area contributed by atoms with E-state index in [0.29, 0.717) is 12.8 Å². The van der Waals surface area contributed by atoms with Gasteiger partial charge in [-0.25, -0.2) is 0 Å². The molecule has 4 nitrogen and oxygen atoms in total. The largest absolute Gasteiger partial charge is 0.300 e. The smallest absolute Gasteiger partial charge is 0.207 e. The summed E-state index contributed by atoms with van der Waals surface area (Å²) in [6, 6.07) is 0. The Labute approximate surface area is 78.5 Å². The van der Waals surface area contributed by atoms with E-state index < -0.39 is 0 Å². The number of nitro groups is 1. The third kappa shape index (κ3) is 5.33. The van der Waals surface area contributed by atoms with Crippen molar-refractivity contribution in [1.29, 1.82) is 0 Å². The quantitative estimate of drug-likeness (QED) is 0.491. The molecular formula is C9H17NO3. The molecule has 0 saturated heterocycles. The summed E-state index contributed by atoms with van der Waals surface area (Å²) in [4.78, 5) is 20.6. The maximum atomic E-state index is 10.8. The van der Waals surface area contributed by atoms with E-state index in [-0.39, 0.29) is 23.2 Å². The van der Waals surface area contributed by atoms with Gasteiger partial charge in [-0.05, 0) is 12.8 Å². The minimum atomic E-state index is -0.330. The Bertz CT molecular complexity index is 178. The van der Waals surface area contributed by atoms with Crippen molar-refractivity contribution >= 4 is 5.78 Å². The van der Waals surface area contributed by atoms with Crippen molar-refractivity contribution in [1.82, 2.24) is 0 Å². The molecule has 0 bridgehead atoms. The number of hydrogen-bond donors (Lipinski definition) is 0. The third-order valence-corrected chi connectivity index (χ3v) is 1.99. The van der Waals surface area contributed by atoms with Crippen molar-refractivity contribution in [3.8, 4) is 0 Å². The first-order valence-corrected chi connectivity index (χ1v) is 4.82. The summed E-state index contributed by atoms with van der Waals surface area (Å²) in [5, 5.41) is 10.1.